The Bertz CT molecular complexity index is 1200. The van der Waals surface area contributed by atoms with Crippen LogP contribution in [0.2, 0.25) is 0 Å². The zero-order chi connectivity index (χ0) is 44.4. The van der Waals surface area contributed by atoms with Crippen LogP contribution in [0.15, 0.2) is 85.1 Å². The van der Waals surface area contributed by atoms with Crippen molar-refractivity contribution < 1.29 is 28.6 Å². The maximum absolute atomic E-state index is 12.8. The summed E-state index contributed by atoms with van der Waals surface area (Å²) in [4.78, 5) is 37.8. The summed E-state index contributed by atoms with van der Waals surface area (Å²) < 4.78 is 16.6. The molecule has 0 radical (unpaired) electrons. The number of esters is 3. The molecule has 0 aromatic carbocycles. The molecule has 0 amide bonds. The first-order valence-electron chi connectivity index (χ1n) is 25.1. The molecule has 6 nitrogen and oxygen atoms in total. The first kappa shape index (κ1) is 57.6. The van der Waals surface area contributed by atoms with Crippen molar-refractivity contribution in [3.63, 3.8) is 0 Å². The molecule has 0 saturated heterocycles. The summed E-state index contributed by atoms with van der Waals surface area (Å²) in [6.07, 6.45) is 63.2. The highest BCUT2D eigenvalue weighted by atomic mass is 16.6. The largest absolute Gasteiger partial charge is 0.462 e. The van der Waals surface area contributed by atoms with E-state index < -0.39 is 12.1 Å². The predicted molar refractivity (Wildman–Crippen MR) is 261 cm³/mol. The van der Waals surface area contributed by atoms with Gasteiger partial charge in [-0.25, -0.2) is 0 Å². The topological polar surface area (TPSA) is 78.9 Å². The van der Waals surface area contributed by atoms with Gasteiger partial charge in [0.1, 0.15) is 13.2 Å². The molecule has 0 heterocycles. The average Bonchev–Trinajstić information content (AvgIpc) is 3.26. The van der Waals surface area contributed by atoms with Crippen molar-refractivity contribution in [2.45, 2.75) is 232 Å². The molecular formula is C55H92O6. The number of unbranched alkanes of at least 4 members (excludes halogenated alkanes) is 20. The summed E-state index contributed by atoms with van der Waals surface area (Å²) >= 11 is 0. The van der Waals surface area contributed by atoms with Gasteiger partial charge in [-0.05, 0) is 89.9 Å². The first-order chi connectivity index (χ1) is 30.0. The fraction of sp³-hybridized carbons (Fsp3) is 0.691. The summed E-state index contributed by atoms with van der Waals surface area (Å²) in [5, 5.41) is 0. The number of rotatable bonds is 44. The minimum Gasteiger partial charge on any atom is -0.462 e. The van der Waals surface area contributed by atoms with Gasteiger partial charge in [-0.3, -0.25) is 14.4 Å². The van der Waals surface area contributed by atoms with Gasteiger partial charge in [0, 0.05) is 12.8 Å². The highest BCUT2D eigenvalue weighted by Gasteiger charge is 2.19. The van der Waals surface area contributed by atoms with Crippen LogP contribution in [-0.2, 0) is 28.6 Å². The van der Waals surface area contributed by atoms with Crippen molar-refractivity contribution in [3.05, 3.63) is 85.1 Å². The lowest BCUT2D eigenvalue weighted by Gasteiger charge is -2.18. The van der Waals surface area contributed by atoms with Crippen LogP contribution in [0.5, 0.6) is 0 Å². The molecule has 1 atom stereocenters. The Labute approximate surface area is 375 Å². The van der Waals surface area contributed by atoms with E-state index in [1.54, 1.807) is 6.08 Å². The van der Waals surface area contributed by atoms with Crippen LogP contribution < -0.4 is 0 Å². The maximum atomic E-state index is 12.8. The van der Waals surface area contributed by atoms with E-state index in [4.69, 9.17) is 14.2 Å². The van der Waals surface area contributed by atoms with Gasteiger partial charge in [0.15, 0.2) is 6.10 Å². The van der Waals surface area contributed by atoms with Gasteiger partial charge in [-0.1, -0.05) is 202 Å². The molecule has 0 rings (SSSR count). The van der Waals surface area contributed by atoms with Crippen LogP contribution in [0.1, 0.15) is 226 Å². The van der Waals surface area contributed by atoms with E-state index in [0.717, 1.165) is 103 Å². The summed E-state index contributed by atoms with van der Waals surface area (Å²) in [5.74, 6) is -1.07. The Kier molecular flexibility index (Phi) is 46.5. The van der Waals surface area contributed by atoms with Crippen LogP contribution in [0.25, 0.3) is 0 Å². The number of carbonyl (C=O) groups excluding carboxylic acids is 3. The summed E-state index contributed by atoms with van der Waals surface area (Å²) in [6, 6.07) is 0. The van der Waals surface area contributed by atoms with E-state index in [2.05, 4.69) is 93.7 Å². The zero-order valence-electron chi connectivity index (χ0n) is 39.7. The molecule has 0 aromatic rings. The lowest BCUT2D eigenvalue weighted by atomic mass is 10.1. The Morgan fingerprint density at radius 1 is 0.361 bits per heavy atom. The maximum Gasteiger partial charge on any atom is 0.309 e. The van der Waals surface area contributed by atoms with Gasteiger partial charge < -0.3 is 14.2 Å². The summed E-state index contributed by atoms with van der Waals surface area (Å²) in [7, 11) is 0. The molecule has 61 heavy (non-hydrogen) atoms. The quantitative estimate of drug-likeness (QED) is 0.0263. The summed E-state index contributed by atoms with van der Waals surface area (Å²) in [6.45, 7) is 6.29. The average molecular weight is 849 g/mol. The van der Waals surface area contributed by atoms with Gasteiger partial charge in [0.2, 0.25) is 0 Å². The van der Waals surface area contributed by atoms with Crippen molar-refractivity contribution in [2.24, 2.45) is 0 Å². The number of ether oxygens (including phenoxy) is 3. The molecule has 0 aromatic heterocycles. The highest BCUT2D eigenvalue weighted by Crippen LogP contribution is 2.14. The molecule has 0 fully saturated rings. The molecule has 1 unspecified atom stereocenters. The zero-order valence-corrected chi connectivity index (χ0v) is 39.7. The van der Waals surface area contributed by atoms with Crippen molar-refractivity contribution in [2.75, 3.05) is 13.2 Å². The third kappa shape index (κ3) is 47.5. The van der Waals surface area contributed by atoms with E-state index in [-0.39, 0.29) is 31.6 Å². The fourth-order valence-corrected chi connectivity index (χ4v) is 6.69. The first-order valence-corrected chi connectivity index (χ1v) is 25.1. The molecular weight excluding hydrogens is 757 g/mol. The third-order valence-corrected chi connectivity index (χ3v) is 10.4. The molecule has 0 aliphatic carbocycles. The Balaban J connectivity index is 4.40. The Hall–Kier alpha value is -3.41. The molecule has 0 aliphatic heterocycles. The van der Waals surface area contributed by atoms with Crippen molar-refractivity contribution in [1.82, 2.24) is 0 Å². The molecule has 0 spiro atoms. The second kappa shape index (κ2) is 49.2. The van der Waals surface area contributed by atoms with Gasteiger partial charge in [0.05, 0.1) is 6.42 Å². The SMILES string of the molecule is CC/C=C\C/C=C\C/C=C\CCCCCCCCC(=O)OC(COC(=O)C/C=C\C/C=C\C/C=C\CC)COC(=O)CCCCCCC/C=C\CCCCCCCCCCC. The minimum absolute atomic E-state index is 0.114. The van der Waals surface area contributed by atoms with Gasteiger partial charge in [0.25, 0.3) is 0 Å². The number of hydrogen-bond donors (Lipinski definition) is 0. The smallest absolute Gasteiger partial charge is 0.309 e. The van der Waals surface area contributed by atoms with E-state index in [1.165, 1.54) is 83.5 Å². The summed E-state index contributed by atoms with van der Waals surface area (Å²) in [5.41, 5.74) is 0. The Morgan fingerprint density at radius 2 is 0.705 bits per heavy atom. The lowest BCUT2D eigenvalue weighted by molar-refractivity contribution is -0.166. The molecule has 0 bridgehead atoms. The number of carbonyl (C=O) groups is 3. The van der Waals surface area contributed by atoms with E-state index in [0.29, 0.717) is 12.8 Å². The van der Waals surface area contributed by atoms with Crippen LogP contribution in [-0.4, -0.2) is 37.2 Å². The highest BCUT2D eigenvalue weighted by molar-refractivity contribution is 5.72. The second-order valence-electron chi connectivity index (χ2n) is 16.3. The molecule has 348 valence electrons. The molecule has 0 aliphatic rings. The van der Waals surface area contributed by atoms with Crippen LogP contribution >= 0.6 is 0 Å². The van der Waals surface area contributed by atoms with E-state index >= 15 is 0 Å². The minimum atomic E-state index is -0.821. The van der Waals surface area contributed by atoms with Crippen molar-refractivity contribution >= 4 is 17.9 Å². The predicted octanol–water partition coefficient (Wildman–Crippen LogP) is 16.4. The standard InChI is InChI=1S/C55H92O6/c1-4-7-10-13-16-19-21-23-25-27-28-30-31-33-36-39-42-45-48-54(57)60-51-52(50-59-53(56)47-44-41-38-35-18-15-12-9-6-3)61-55(58)49-46-43-40-37-34-32-29-26-24-22-20-17-14-11-8-5-2/h8-9,11-12,17-18,20,24,26,28,30,35,41,44,52H,4-7,10,13-16,19,21-23,25,27,29,31-34,36-40,42-43,45-51H2,1-3H3/b11-8-,12-9-,20-17-,26-24-,30-28-,35-18-,44-41-. The second-order valence-corrected chi connectivity index (χ2v) is 16.3. The molecule has 6 heteroatoms. The Morgan fingerprint density at radius 3 is 1.16 bits per heavy atom. The lowest BCUT2D eigenvalue weighted by Crippen LogP contribution is -2.30. The number of allylic oxidation sites excluding steroid dienone is 13. The molecule has 0 N–H and O–H groups in total. The third-order valence-electron chi connectivity index (χ3n) is 10.4. The monoisotopic (exact) mass is 849 g/mol. The van der Waals surface area contributed by atoms with E-state index in [1.807, 2.05) is 6.08 Å². The van der Waals surface area contributed by atoms with Crippen LogP contribution in [0.3, 0.4) is 0 Å². The van der Waals surface area contributed by atoms with Gasteiger partial charge in [-0.15, -0.1) is 0 Å². The normalized spacial score (nSPS) is 12.8. The number of hydrogen-bond acceptors (Lipinski definition) is 6. The van der Waals surface area contributed by atoms with Crippen LogP contribution in [0.4, 0.5) is 0 Å². The molecule has 0 saturated carbocycles. The van der Waals surface area contributed by atoms with Crippen LogP contribution in [0, 0.1) is 0 Å². The van der Waals surface area contributed by atoms with Crippen molar-refractivity contribution in [3.8, 4) is 0 Å². The van der Waals surface area contributed by atoms with E-state index in [9.17, 15) is 14.4 Å². The van der Waals surface area contributed by atoms with Gasteiger partial charge >= 0.3 is 17.9 Å². The van der Waals surface area contributed by atoms with Gasteiger partial charge in [-0.2, -0.15) is 0 Å². The van der Waals surface area contributed by atoms with Crippen molar-refractivity contribution in [1.29, 1.82) is 0 Å². The fourth-order valence-electron chi connectivity index (χ4n) is 6.69.